The second kappa shape index (κ2) is 4.57. The van der Waals surface area contributed by atoms with E-state index in [-0.39, 0.29) is 22.6 Å². The van der Waals surface area contributed by atoms with E-state index in [1.165, 1.54) is 0 Å². The highest BCUT2D eigenvalue weighted by Crippen LogP contribution is 2.66. The summed E-state index contributed by atoms with van der Waals surface area (Å²) >= 11 is 0. The first-order chi connectivity index (χ1) is 9.77. The lowest BCUT2D eigenvalue weighted by Gasteiger charge is -2.36. The predicted molar refractivity (Wildman–Crippen MR) is 84.8 cm³/mol. The van der Waals surface area contributed by atoms with Crippen molar-refractivity contribution in [1.82, 2.24) is 0 Å². The normalized spacial score (nSPS) is 37.5. The van der Waals surface area contributed by atoms with Gasteiger partial charge in [-0.1, -0.05) is 32.4 Å². The Bertz CT molecular complexity index is 593. The second-order valence-electron chi connectivity index (χ2n) is 7.56. The van der Waals surface area contributed by atoms with Crippen molar-refractivity contribution >= 4 is 6.21 Å². The van der Waals surface area contributed by atoms with Crippen LogP contribution in [0.25, 0.3) is 0 Å². The molecule has 2 fully saturated rings. The lowest BCUT2D eigenvalue weighted by atomic mass is 9.70. The molecule has 114 valence electrons. The SMILES string of the molecule is Cc1ccc(O)c(C=NC2C3CCC(C)(C2O)C3(C)C)c1. The third-order valence-electron chi connectivity index (χ3n) is 6.33. The number of rotatable bonds is 2. The Labute approximate surface area is 126 Å². The van der Waals surface area contributed by atoms with Crippen LogP contribution in [0, 0.1) is 23.7 Å². The molecule has 2 N–H and O–H groups in total. The second-order valence-corrected chi connectivity index (χ2v) is 7.56. The highest BCUT2D eigenvalue weighted by Gasteiger charge is 2.65. The van der Waals surface area contributed by atoms with E-state index in [4.69, 9.17) is 0 Å². The highest BCUT2D eigenvalue weighted by molar-refractivity contribution is 5.83. The summed E-state index contributed by atoms with van der Waals surface area (Å²) in [5, 5.41) is 20.6. The first-order valence-corrected chi connectivity index (χ1v) is 7.78. The van der Waals surface area contributed by atoms with Crippen LogP contribution in [0.15, 0.2) is 23.2 Å². The summed E-state index contributed by atoms with van der Waals surface area (Å²) < 4.78 is 0. The number of fused-ring (bicyclic) bond motifs is 2. The van der Waals surface area contributed by atoms with Crippen LogP contribution in [0.1, 0.15) is 44.7 Å². The molecule has 2 aliphatic rings. The molecule has 0 amide bonds. The van der Waals surface area contributed by atoms with E-state index in [0.717, 1.165) is 24.0 Å². The van der Waals surface area contributed by atoms with Gasteiger partial charge in [0.15, 0.2) is 0 Å². The number of nitrogens with zero attached hydrogens (tertiary/aromatic N) is 1. The van der Waals surface area contributed by atoms with Gasteiger partial charge in [0.05, 0.1) is 12.1 Å². The van der Waals surface area contributed by atoms with E-state index in [1.54, 1.807) is 12.3 Å². The number of aliphatic hydroxyl groups excluding tert-OH is 1. The average molecular weight is 287 g/mol. The first kappa shape index (κ1) is 14.6. The molecule has 0 spiro atoms. The number of phenolic OH excluding ortho intramolecular Hbond substituents is 1. The molecule has 3 nitrogen and oxygen atoms in total. The molecular weight excluding hydrogens is 262 g/mol. The lowest BCUT2D eigenvalue weighted by molar-refractivity contribution is 0.00624. The molecule has 1 aromatic carbocycles. The van der Waals surface area contributed by atoms with Crippen LogP contribution in [0.3, 0.4) is 0 Å². The van der Waals surface area contributed by atoms with Gasteiger partial charge in [-0.3, -0.25) is 4.99 Å². The van der Waals surface area contributed by atoms with Gasteiger partial charge in [0.2, 0.25) is 0 Å². The molecule has 21 heavy (non-hydrogen) atoms. The summed E-state index contributed by atoms with van der Waals surface area (Å²) in [6, 6.07) is 5.44. The van der Waals surface area contributed by atoms with Crippen LogP contribution >= 0.6 is 0 Å². The molecule has 1 aromatic rings. The molecule has 2 aliphatic carbocycles. The van der Waals surface area contributed by atoms with Crippen LogP contribution < -0.4 is 0 Å². The number of aliphatic imine (C=N–C) groups is 1. The number of hydrogen-bond acceptors (Lipinski definition) is 3. The molecular formula is C18H25NO2. The van der Waals surface area contributed by atoms with Crippen molar-refractivity contribution in [3.8, 4) is 5.75 Å². The largest absolute Gasteiger partial charge is 0.507 e. The summed E-state index contributed by atoms with van der Waals surface area (Å²) in [4.78, 5) is 4.66. The zero-order chi connectivity index (χ0) is 15.4. The van der Waals surface area contributed by atoms with Crippen LogP contribution in [0.2, 0.25) is 0 Å². The number of hydrogen-bond donors (Lipinski definition) is 2. The molecule has 4 unspecified atom stereocenters. The monoisotopic (exact) mass is 287 g/mol. The van der Waals surface area contributed by atoms with Gasteiger partial charge in [0.1, 0.15) is 5.75 Å². The molecule has 2 bridgehead atoms. The van der Waals surface area contributed by atoms with Gasteiger partial charge in [0, 0.05) is 17.2 Å². The zero-order valence-corrected chi connectivity index (χ0v) is 13.3. The maximum absolute atomic E-state index is 10.7. The molecule has 3 rings (SSSR count). The maximum Gasteiger partial charge on any atom is 0.124 e. The Morgan fingerprint density at radius 2 is 2.00 bits per heavy atom. The van der Waals surface area contributed by atoms with Crippen molar-refractivity contribution in [2.24, 2.45) is 21.7 Å². The Kier molecular flexibility index (Phi) is 3.17. The van der Waals surface area contributed by atoms with Gasteiger partial charge in [-0.05, 0) is 43.2 Å². The van der Waals surface area contributed by atoms with Gasteiger partial charge in [0.25, 0.3) is 0 Å². The van der Waals surface area contributed by atoms with Gasteiger partial charge in [-0.15, -0.1) is 0 Å². The lowest BCUT2D eigenvalue weighted by Crippen LogP contribution is -2.39. The fourth-order valence-electron chi connectivity index (χ4n) is 4.41. The third-order valence-corrected chi connectivity index (χ3v) is 6.33. The number of phenols is 1. The summed E-state index contributed by atoms with van der Waals surface area (Å²) in [7, 11) is 0. The topological polar surface area (TPSA) is 52.8 Å². The Morgan fingerprint density at radius 3 is 2.62 bits per heavy atom. The van der Waals surface area contributed by atoms with Crippen LogP contribution in [0.5, 0.6) is 5.75 Å². The summed E-state index contributed by atoms with van der Waals surface area (Å²) in [6.45, 7) is 8.70. The van der Waals surface area contributed by atoms with E-state index in [2.05, 4.69) is 25.8 Å². The Hall–Kier alpha value is -1.35. The van der Waals surface area contributed by atoms with E-state index in [0.29, 0.717) is 5.92 Å². The molecule has 0 heterocycles. The summed E-state index contributed by atoms with van der Waals surface area (Å²) in [6.07, 6.45) is 3.54. The van der Waals surface area contributed by atoms with Gasteiger partial charge >= 0.3 is 0 Å². The van der Waals surface area contributed by atoms with E-state index in [9.17, 15) is 10.2 Å². The predicted octanol–water partition coefficient (Wildman–Crippen LogP) is 3.31. The molecule has 2 saturated carbocycles. The minimum Gasteiger partial charge on any atom is -0.507 e. The average Bonchev–Trinajstić information content (AvgIpc) is 2.73. The van der Waals surface area contributed by atoms with Crippen molar-refractivity contribution in [2.75, 3.05) is 0 Å². The smallest absolute Gasteiger partial charge is 0.124 e. The third kappa shape index (κ3) is 1.94. The van der Waals surface area contributed by atoms with E-state index >= 15 is 0 Å². The van der Waals surface area contributed by atoms with E-state index in [1.807, 2.05) is 19.1 Å². The van der Waals surface area contributed by atoms with Crippen LogP contribution in [0.4, 0.5) is 0 Å². The molecule has 0 radical (unpaired) electrons. The number of aryl methyl sites for hydroxylation is 1. The molecule has 0 saturated heterocycles. The van der Waals surface area contributed by atoms with Crippen molar-refractivity contribution in [3.63, 3.8) is 0 Å². The van der Waals surface area contributed by atoms with Crippen molar-refractivity contribution in [2.45, 2.75) is 52.7 Å². The minimum atomic E-state index is -0.394. The van der Waals surface area contributed by atoms with Gasteiger partial charge in [-0.2, -0.15) is 0 Å². The Morgan fingerprint density at radius 1 is 1.29 bits per heavy atom. The standard InChI is InChI=1S/C18H25NO2/c1-11-5-6-14(20)12(9-11)10-19-15-13-7-8-18(4,16(15)21)17(13,2)3/h5-6,9-10,13,15-16,20-21H,7-8H2,1-4H3. The molecule has 4 atom stereocenters. The number of aromatic hydroxyl groups is 1. The Balaban J connectivity index is 1.90. The van der Waals surface area contributed by atoms with Crippen molar-refractivity contribution in [1.29, 1.82) is 0 Å². The number of aliphatic hydroxyl groups is 1. The first-order valence-electron chi connectivity index (χ1n) is 7.78. The fraction of sp³-hybridized carbons (Fsp3) is 0.611. The summed E-state index contributed by atoms with van der Waals surface area (Å²) in [5.41, 5.74) is 1.89. The molecule has 3 heteroatoms. The number of benzene rings is 1. The maximum atomic E-state index is 10.7. The van der Waals surface area contributed by atoms with Crippen molar-refractivity contribution in [3.05, 3.63) is 29.3 Å². The molecule has 0 aromatic heterocycles. The zero-order valence-electron chi connectivity index (χ0n) is 13.3. The summed E-state index contributed by atoms with van der Waals surface area (Å²) in [5.74, 6) is 0.660. The quantitative estimate of drug-likeness (QED) is 0.820. The van der Waals surface area contributed by atoms with Crippen molar-refractivity contribution < 1.29 is 10.2 Å². The van der Waals surface area contributed by atoms with E-state index < -0.39 is 6.10 Å². The van der Waals surface area contributed by atoms with Crippen LogP contribution in [-0.2, 0) is 0 Å². The highest BCUT2D eigenvalue weighted by atomic mass is 16.3. The minimum absolute atomic E-state index is 0.0473. The van der Waals surface area contributed by atoms with Gasteiger partial charge in [-0.25, -0.2) is 0 Å². The fourth-order valence-corrected chi connectivity index (χ4v) is 4.41. The molecule has 0 aliphatic heterocycles. The van der Waals surface area contributed by atoms with Gasteiger partial charge < -0.3 is 10.2 Å². The van der Waals surface area contributed by atoms with Crippen LogP contribution in [-0.4, -0.2) is 28.6 Å².